The Labute approximate surface area is 195 Å². The summed E-state index contributed by atoms with van der Waals surface area (Å²) < 4.78 is 5.02. The number of amides is 1. The van der Waals surface area contributed by atoms with E-state index in [1.165, 1.54) is 18.9 Å². The minimum Gasteiger partial charge on any atom is -0.441 e. The van der Waals surface area contributed by atoms with E-state index in [-0.39, 0.29) is 17.8 Å². The fourth-order valence-corrected chi connectivity index (χ4v) is 4.40. The Morgan fingerprint density at radius 3 is 2.59 bits per heavy atom. The normalized spacial score (nSPS) is 20.6. The van der Waals surface area contributed by atoms with E-state index in [0.717, 1.165) is 51.3 Å². The van der Waals surface area contributed by atoms with Gasteiger partial charge in [-0.05, 0) is 43.9 Å². The molecular weight excluding hydrogens is 461 g/mol. The van der Waals surface area contributed by atoms with Crippen molar-refractivity contribution < 1.29 is 19.5 Å². The highest BCUT2D eigenvalue weighted by atomic mass is 35.5. The molecule has 12 heteroatoms. The Bertz CT molecular complexity index is 896. The average Bonchev–Trinajstić information content (AvgIpc) is 3.27. The molecule has 1 saturated heterocycles. The zero-order valence-corrected chi connectivity index (χ0v) is 18.8. The molecule has 1 amide bonds. The lowest BCUT2D eigenvalue weighted by Crippen LogP contribution is -2.48. The first-order chi connectivity index (χ1) is 15.3. The molecule has 174 valence electrons. The van der Waals surface area contributed by atoms with Crippen molar-refractivity contribution >= 4 is 34.8 Å². The molecule has 0 unspecified atom stereocenters. The highest BCUT2D eigenvalue weighted by molar-refractivity contribution is 6.43. The molecule has 0 radical (unpaired) electrons. The smallest absolute Gasteiger partial charge is 0.307 e. The summed E-state index contributed by atoms with van der Waals surface area (Å²) in [6, 6.07) is 6.05. The van der Waals surface area contributed by atoms with Crippen LogP contribution in [-0.4, -0.2) is 64.9 Å². The van der Waals surface area contributed by atoms with Gasteiger partial charge in [0.2, 0.25) is 0 Å². The summed E-state index contributed by atoms with van der Waals surface area (Å²) in [5, 5.41) is 17.9. The van der Waals surface area contributed by atoms with Crippen LogP contribution in [0.15, 0.2) is 35.1 Å². The maximum Gasteiger partial charge on any atom is 0.307 e. The number of nitrogens with one attached hydrogen (secondary N) is 1. The summed E-state index contributed by atoms with van der Waals surface area (Å²) in [7, 11) is 0. The van der Waals surface area contributed by atoms with Crippen molar-refractivity contribution in [2.45, 2.75) is 25.3 Å². The second kappa shape index (κ2) is 11.3. The molecule has 2 aromatic rings. The van der Waals surface area contributed by atoms with Gasteiger partial charge < -0.3 is 19.8 Å². The van der Waals surface area contributed by atoms with E-state index in [2.05, 4.69) is 20.1 Å². The molecule has 2 aliphatic rings. The van der Waals surface area contributed by atoms with Crippen LogP contribution < -0.4 is 10.2 Å². The number of halogens is 2. The number of hydrogen-bond acceptors (Lipinski definition) is 7. The van der Waals surface area contributed by atoms with Gasteiger partial charge in [-0.2, -0.15) is 0 Å². The molecule has 1 aromatic carbocycles. The summed E-state index contributed by atoms with van der Waals surface area (Å²) in [6.45, 7) is 5.07. The van der Waals surface area contributed by atoms with E-state index >= 15 is 0 Å². The highest BCUT2D eigenvalue weighted by Gasteiger charge is 2.31. The number of rotatable bonds is 6. The topological polar surface area (TPSA) is 125 Å². The number of anilines is 1. The van der Waals surface area contributed by atoms with Gasteiger partial charge in [-0.1, -0.05) is 29.3 Å². The predicted molar refractivity (Wildman–Crippen MR) is 119 cm³/mol. The lowest BCUT2D eigenvalue weighted by Gasteiger charge is -2.39. The molecule has 0 atom stereocenters. The number of carbonyl (C=O) groups excluding carboxylic acids is 1. The van der Waals surface area contributed by atoms with Crippen LogP contribution in [0.2, 0.25) is 10.0 Å². The van der Waals surface area contributed by atoms with Crippen LogP contribution >= 0.6 is 23.2 Å². The van der Waals surface area contributed by atoms with Gasteiger partial charge in [-0.3, -0.25) is 9.69 Å². The Morgan fingerprint density at radius 1 is 1.28 bits per heavy atom. The van der Waals surface area contributed by atoms with Crippen LogP contribution in [0.1, 0.15) is 29.9 Å². The molecule has 1 aliphatic carbocycles. The molecule has 1 aromatic heterocycles. The SMILES string of the molecule is O=C(NC1CC(CCN2CCN(c3cccc(Cl)c3Cl)CC2)C1)c1ncco1.O=[N+]([O-])O. The zero-order valence-electron chi connectivity index (χ0n) is 17.3. The van der Waals surface area contributed by atoms with Gasteiger partial charge in [0.1, 0.15) is 6.26 Å². The van der Waals surface area contributed by atoms with Crippen molar-refractivity contribution in [2.24, 2.45) is 5.92 Å². The molecule has 0 spiro atoms. The van der Waals surface area contributed by atoms with Crippen LogP contribution in [0.5, 0.6) is 0 Å². The maximum absolute atomic E-state index is 11.9. The van der Waals surface area contributed by atoms with Crippen molar-refractivity contribution in [3.05, 3.63) is 56.7 Å². The lowest BCUT2D eigenvalue weighted by atomic mass is 9.78. The van der Waals surface area contributed by atoms with Gasteiger partial charge in [-0.25, -0.2) is 4.98 Å². The van der Waals surface area contributed by atoms with Crippen molar-refractivity contribution in [3.8, 4) is 0 Å². The van der Waals surface area contributed by atoms with E-state index < -0.39 is 5.09 Å². The Hall–Kier alpha value is -2.56. The summed E-state index contributed by atoms with van der Waals surface area (Å²) in [5.74, 6) is 0.598. The van der Waals surface area contributed by atoms with Crippen LogP contribution in [0.3, 0.4) is 0 Å². The minimum absolute atomic E-state index is 0.140. The maximum atomic E-state index is 11.9. The second-order valence-electron chi connectivity index (χ2n) is 7.77. The standard InChI is InChI=1S/C20H24Cl2N4O2.HNO3/c21-16-2-1-3-17(18(16)22)26-9-7-25(8-10-26)6-4-14-12-15(13-14)24-19(27)20-23-5-11-28-20;2-1(3)4/h1-3,5,11,14-15H,4,6-10,12-13H2,(H,24,27);(H,2,3,4). The molecule has 0 bridgehead atoms. The third kappa shape index (κ3) is 6.72. The summed E-state index contributed by atoms with van der Waals surface area (Å²) in [4.78, 5) is 29.0. The number of oxazole rings is 1. The van der Waals surface area contributed by atoms with Crippen molar-refractivity contribution in [3.63, 3.8) is 0 Å². The van der Waals surface area contributed by atoms with E-state index in [1.807, 2.05) is 18.2 Å². The fourth-order valence-electron chi connectivity index (χ4n) is 3.99. The first-order valence-electron chi connectivity index (χ1n) is 10.3. The number of nitrogens with zero attached hydrogens (tertiary/aromatic N) is 4. The van der Waals surface area contributed by atoms with Gasteiger partial charge in [0.15, 0.2) is 0 Å². The van der Waals surface area contributed by atoms with Gasteiger partial charge in [-0.15, -0.1) is 10.1 Å². The molecule has 10 nitrogen and oxygen atoms in total. The summed E-state index contributed by atoms with van der Waals surface area (Å²) in [6.07, 6.45) is 6.13. The number of aromatic nitrogens is 1. The van der Waals surface area contributed by atoms with E-state index in [9.17, 15) is 4.79 Å². The Kier molecular flexibility index (Phi) is 8.54. The molecule has 1 saturated carbocycles. The largest absolute Gasteiger partial charge is 0.441 e. The first kappa shape index (κ1) is 24.1. The molecule has 2 heterocycles. The average molecular weight is 486 g/mol. The van der Waals surface area contributed by atoms with Gasteiger partial charge in [0.25, 0.3) is 11.0 Å². The molecule has 4 rings (SSSR count). The minimum atomic E-state index is -1.50. The third-order valence-corrected chi connectivity index (χ3v) is 6.50. The van der Waals surface area contributed by atoms with Crippen molar-refractivity contribution in [1.82, 2.24) is 15.2 Å². The number of hydrogen-bond donors (Lipinski definition) is 2. The van der Waals surface area contributed by atoms with Crippen LogP contribution in [-0.2, 0) is 0 Å². The second-order valence-corrected chi connectivity index (χ2v) is 8.56. The van der Waals surface area contributed by atoms with E-state index in [4.69, 9.17) is 42.9 Å². The molecule has 32 heavy (non-hydrogen) atoms. The quantitative estimate of drug-likeness (QED) is 0.471. The number of piperazine rings is 1. The fraction of sp³-hybridized carbons (Fsp3) is 0.500. The lowest BCUT2D eigenvalue weighted by molar-refractivity contribution is -0.742. The Morgan fingerprint density at radius 2 is 1.97 bits per heavy atom. The molecule has 2 fully saturated rings. The first-order valence-corrected chi connectivity index (χ1v) is 11.0. The molecular formula is C20H25Cl2N5O5. The van der Waals surface area contributed by atoms with Gasteiger partial charge >= 0.3 is 5.91 Å². The Balaban J connectivity index is 0.000000668. The van der Waals surface area contributed by atoms with Crippen molar-refractivity contribution in [1.29, 1.82) is 0 Å². The van der Waals surface area contributed by atoms with Crippen molar-refractivity contribution in [2.75, 3.05) is 37.6 Å². The van der Waals surface area contributed by atoms with Crippen LogP contribution in [0, 0.1) is 16.0 Å². The van der Waals surface area contributed by atoms with E-state index in [1.54, 1.807) is 0 Å². The van der Waals surface area contributed by atoms with Crippen LogP contribution in [0.4, 0.5) is 5.69 Å². The third-order valence-electron chi connectivity index (χ3n) is 5.70. The van der Waals surface area contributed by atoms with E-state index in [0.29, 0.717) is 16.0 Å². The number of benzene rings is 1. The molecule has 2 N–H and O–H groups in total. The van der Waals surface area contributed by atoms with Crippen LogP contribution in [0.25, 0.3) is 0 Å². The zero-order chi connectivity index (χ0) is 23.1. The predicted octanol–water partition coefficient (Wildman–Crippen LogP) is 3.35. The van der Waals surface area contributed by atoms with Gasteiger partial charge in [0.05, 0.1) is 21.9 Å². The summed E-state index contributed by atoms with van der Waals surface area (Å²) >= 11 is 12.5. The number of carbonyl (C=O) groups is 1. The summed E-state index contributed by atoms with van der Waals surface area (Å²) in [5.41, 5.74) is 1.03. The van der Waals surface area contributed by atoms with Gasteiger partial charge in [0, 0.05) is 32.2 Å². The highest BCUT2D eigenvalue weighted by Crippen LogP contribution is 2.33. The molecule has 1 aliphatic heterocycles. The monoisotopic (exact) mass is 485 g/mol.